The zero-order valence-electron chi connectivity index (χ0n) is 10.1. The van der Waals surface area contributed by atoms with Crippen molar-refractivity contribution in [2.75, 3.05) is 12.3 Å². The van der Waals surface area contributed by atoms with E-state index in [-0.39, 0.29) is 6.04 Å². The Morgan fingerprint density at radius 1 is 1.44 bits per heavy atom. The molecule has 0 spiro atoms. The molecule has 1 aliphatic heterocycles. The topological polar surface area (TPSA) is 49.3 Å². The summed E-state index contributed by atoms with van der Waals surface area (Å²) in [4.78, 5) is 12.5. The second-order valence-electron chi connectivity index (χ2n) is 5.11. The maximum absolute atomic E-state index is 11.2. The van der Waals surface area contributed by atoms with Crippen molar-refractivity contribution in [2.45, 2.75) is 29.7 Å². The summed E-state index contributed by atoms with van der Waals surface area (Å²) in [5.74, 6) is 1.17. The van der Waals surface area contributed by atoms with Crippen molar-refractivity contribution in [3.63, 3.8) is 0 Å². The summed E-state index contributed by atoms with van der Waals surface area (Å²) >= 11 is 1.87. The molecule has 1 saturated carbocycles. The Hall–Kier alpha value is -1.00. The zero-order valence-corrected chi connectivity index (χ0v) is 11.0. The molecule has 0 aromatic heterocycles. The molecule has 0 amide bonds. The highest BCUT2D eigenvalue weighted by molar-refractivity contribution is 7.99. The van der Waals surface area contributed by atoms with E-state index in [1.165, 1.54) is 10.5 Å². The number of carboxylic acid groups (broad SMARTS) is 1. The first kappa shape index (κ1) is 12.1. The molecule has 1 aliphatic carbocycles. The largest absolute Gasteiger partial charge is 0.480 e. The van der Waals surface area contributed by atoms with Crippen LogP contribution in [-0.4, -0.2) is 29.4 Å². The van der Waals surface area contributed by atoms with Gasteiger partial charge in [0.25, 0.3) is 0 Å². The van der Waals surface area contributed by atoms with Crippen molar-refractivity contribution in [1.82, 2.24) is 5.32 Å². The molecule has 1 heterocycles. The average Bonchev–Trinajstić information content (AvgIpc) is 3.11. The van der Waals surface area contributed by atoms with Crippen LogP contribution in [0.15, 0.2) is 29.2 Å². The number of rotatable bonds is 5. The third kappa shape index (κ3) is 2.40. The summed E-state index contributed by atoms with van der Waals surface area (Å²) < 4.78 is 0. The highest BCUT2D eigenvalue weighted by Gasteiger charge is 2.36. The monoisotopic (exact) mass is 263 g/mol. The average molecular weight is 263 g/mol. The van der Waals surface area contributed by atoms with E-state index in [4.69, 9.17) is 0 Å². The van der Waals surface area contributed by atoms with Crippen LogP contribution < -0.4 is 5.32 Å². The standard InChI is InChI=1S/C14H17NO2S/c16-14(17)13(9-5-6-9)15-7-10-8-18-12-4-2-1-3-11(10)12/h1-4,9-10,13,15H,5-8H2,(H,16,17). The second-order valence-corrected chi connectivity index (χ2v) is 6.17. The van der Waals surface area contributed by atoms with E-state index in [0.29, 0.717) is 11.8 Å². The fourth-order valence-corrected chi connectivity index (χ4v) is 3.81. The molecule has 1 aromatic carbocycles. The lowest BCUT2D eigenvalue weighted by atomic mass is 10.0. The Balaban J connectivity index is 1.62. The Morgan fingerprint density at radius 2 is 2.22 bits per heavy atom. The number of thioether (sulfide) groups is 1. The van der Waals surface area contributed by atoms with Gasteiger partial charge in [-0.3, -0.25) is 4.79 Å². The summed E-state index contributed by atoms with van der Waals surface area (Å²) in [5.41, 5.74) is 1.37. The third-order valence-electron chi connectivity index (χ3n) is 3.74. The van der Waals surface area contributed by atoms with Gasteiger partial charge in [-0.2, -0.15) is 0 Å². The van der Waals surface area contributed by atoms with Gasteiger partial charge in [-0.05, 0) is 30.4 Å². The van der Waals surface area contributed by atoms with Gasteiger partial charge in [0.1, 0.15) is 6.04 Å². The van der Waals surface area contributed by atoms with Gasteiger partial charge in [0.15, 0.2) is 0 Å². The van der Waals surface area contributed by atoms with Crippen molar-refractivity contribution in [3.05, 3.63) is 29.8 Å². The lowest BCUT2D eigenvalue weighted by Gasteiger charge is -2.17. The first-order valence-corrected chi connectivity index (χ1v) is 7.42. The van der Waals surface area contributed by atoms with Gasteiger partial charge >= 0.3 is 5.97 Å². The van der Waals surface area contributed by atoms with E-state index < -0.39 is 5.97 Å². The van der Waals surface area contributed by atoms with E-state index in [0.717, 1.165) is 25.1 Å². The van der Waals surface area contributed by atoms with Crippen LogP contribution >= 0.6 is 11.8 Å². The van der Waals surface area contributed by atoms with Crippen LogP contribution in [0.4, 0.5) is 0 Å². The number of hydrogen-bond acceptors (Lipinski definition) is 3. The van der Waals surface area contributed by atoms with Gasteiger partial charge in [0, 0.05) is 23.1 Å². The lowest BCUT2D eigenvalue weighted by molar-refractivity contribution is -0.140. The van der Waals surface area contributed by atoms with Crippen molar-refractivity contribution in [3.8, 4) is 0 Å². The van der Waals surface area contributed by atoms with Gasteiger partial charge < -0.3 is 10.4 Å². The van der Waals surface area contributed by atoms with E-state index >= 15 is 0 Å². The quantitative estimate of drug-likeness (QED) is 0.856. The molecule has 3 nitrogen and oxygen atoms in total. The molecule has 1 aromatic rings. The molecule has 0 saturated heterocycles. The van der Waals surface area contributed by atoms with Crippen LogP contribution in [-0.2, 0) is 4.79 Å². The molecule has 4 heteroatoms. The molecule has 18 heavy (non-hydrogen) atoms. The fourth-order valence-electron chi connectivity index (χ4n) is 2.55. The molecular formula is C14H17NO2S. The van der Waals surface area contributed by atoms with Crippen molar-refractivity contribution >= 4 is 17.7 Å². The minimum Gasteiger partial charge on any atom is -0.480 e. The predicted molar refractivity (Wildman–Crippen MR) is 72.1 cm³/mol. The van der Waals surface area contributed by atoms with Gasteiger partial charge in [-0.15, -0.1) is 11.8 Å². The van der Waals surface area contributed by atoms with E-state index in [9.17, 15) is 9.90 Å². The smallest absolute Gasteiger partial charge is 0.320 e. The number of nitrogens with one attached hydrogen (secondary N) is 1. The van der Waals surface area contributed by atoms with Gasteiger partial charge in [-0.1, -0.05) is 18.2 Å². The molecule has 3 rings (SSSR count). The molecule has 2 atom stereocenters. The van der Waals surface area contributed by atoms with Gasteiger partial charge in [-0.25, -0.2) is 0 Å². The highest BCUT2D eigenvalue weighted by atomic mass is 32.2. The van der Waals surface area contributed by atoms with Crippen LogP contribution in [0.2, 0.25) is 0 Å². The number of fused-ring (bicyclic) bond motifs is 1. The third-order valence-corrected chi connectivity index (χ3v) is 4.99. The van der Waals surface area contributed by atoms with Crippen LogP contribution in [0.5, 0.6) is 0 Å². The first-order valence-electron chi connectivity index (χ1n) is 6.43. The summed E-state index contributed by atoms with van der Waals surface area (Å²) in [6.45, 7) is 0.775. The van der Waals surface area contributed by atoms with E-state index in [1.54, 1.807) is 0 Å². The number of carbonyl (C=O) groups is 1. The summed E-state index contributed by atoms with van der Waals surface area (Å²) in [6.07, 6.45) is 2.11. The summed E-state index contributed by atoms with van der Waals surface area (Å²) in [5, 5.41) is 12.4. The molecule has 96 valence electrons. The second kappa shape index (κ2) is 4.94. The number of hydrogen-bond donors (Lipinski definition) is 2. The van der Waals surface area contributed by atoms with E-state index in [2.05, 4.69) is 29.6 Å². The molecule has 2 unspecified atom stereocenters. The SMILES string of the molecule is O=C(O)C(NCC1CSc2ccccc21)C1CC1. The normalized spacial score (nSPS) is 23.7. The summed E-state index contributed by atoms with van der Waals surface area (Å²) in [7, 11) is 0. The summed E-state index contributed by atoms with van der Waals surface area (Å²) in [6, 6.07) is 8.09. The molecule has 1 fully saturated rings. The molecule has 2 aliphatic rings. The molecule has 0 bridgehead atoms. The Bertz CT molecular complexity index is 459. The fraction of sp³-hybridized carbons (Fsp3) is 0.500. The molecular weight excluding hydrogens is 246 g/mol. The first-order chi connectivity index (χ1) is 8.75. The Morgan fingerprint density at radius 3 is 2.94 bits per heavy atom. The van der Waals surface area contributed by atoms with Crippen LogP contribution in [0.3, 0.4) is 0 Å². The van der Waals surface area contributed by atoms with Crippen LogP contribution in [0.25, 0.3) is 0 Å². The number of benzene rings is 1. The lowest BCUT2D eigenvalue weighted by Crippen LogP contribution is -2.40. The number of carboxylic acids is 1. The van der Waals surface area contributed by atoms with Gasteiger partial charge in [0.05, 0.1) is 0 Å². The van der Waals surface area contributed by atoms with Gasteiger partial charge in [0.2, 0.25) is 0 Å². The molecule has 0 radical (unpaired) electrons. The van der Waals surface area contributed by atoms with Crippen molar-refractivity contribution in [2.24, 2.45) is 5.92 Å². The minimum atomic E-state index is -0.698. The predicted octanol–water partition coefficient (Wildman–Crippen LogP) is 2.33. The van der Waals surface area contributed by atoms with E-state index in [1.807, 2.05) is 11.8 Å². The zero-order chi connectivity index (χ0) is 12.5. The van der Waals surface area contributed by atoms with Crippen LogP contribution in [0.1, 0.15) is 24.3 Å². The number of aliphatic carboxylic acids is 1. The maximum Gasteiger partial charge on any atom is 0.320 e. The maximum atomic E-state index is 11.2. The molecule has 2 N–H and O–H groups in total. The minimum absolute atomic E-state index is 0.345. The van der Waals surface area contributed by atoms with Crippen LogP contribution in [0, 0.1) is 5.92 Å². The Kier molecular flexibility index (Phi) is 3.31. The van der Waals surface area contributed by atoms with Crippen molar-refractivity contribution < 1.29 is 9.90 Å². The Labute approximate surface area is 111 Å². The highest BCUT2D eigenvalue weighted by Crippen LogP contribution is 2.39. The van der Waals surface area contributed by atoms with Crippen molar-refractivity contribution in [1.29, 1.82) is 0 Å².